The second kappa shape index (κ2) is 11.1. The summed E-state index contributed by atoms with van der Waals surface area (Å²) in [7, 11) is 0. The first kappa shape index (κ1) is 28.8. The van der Waals surface area contributed by atoms with E-state index in [0.29, 0.717) is 36.4 Å². The topological polar surface area (TPSA) is 79.3 Å². The van der Waals surface area contributed by atoms with Gasteiger partial charge in [-0.2, -0.15) is 5.26 Å². The van der Waals surface area contributed by atoms with Gasteiger partial charge in [0.05, 0.1) is 23.2 Å². The number of rotatable bonds is 5. The van der Waals surface area contributed by atoms with Gasteiger partial charge >= 0.3 is 0 Å². The number of carbonyl (C=O) groups excluding carboxylic acids is 1. The van der Waals surface area contributed by atoms with Crippen LogP contribution in [0.2, 0.25) is 0 Å². The molecule has 0 saturated heterocycles. The maximum atomic E-state index is 14.2. The fourth-order valence-electron chi connectivity index (χ4n) is 6.60. The average Bonchev–Trinajstić information content (AvgIpc) is 2.97. The normalized spacial score (nSPS) is 18.1. The molecule has 216 valence electrons. The number of nitriles is 1. The van der Waals surface area contributed by atoms with Crippen molar-refractivity contribution in [2.24, 2.45) is 11.1 Å². The number of ether oxygens (including phenoxy) is 1. The van der Waals surface area contributed by atoms with Crippen LogP contribution in [0.1, 0.15) is 54.9 Å². The number of ketones is 1. The Morgan fingerprint density at radius 2 is 1.74 bits per heavy atom. The van der Waals surface area contributed by atoms with E-state index in [1.807, 2.05) is 60.4 Å². The molecule has 0 radical (unpaired) electrons. The van der Waals surface area contributed by atoms with Crippen molar-refractivity contribution in [1.29, 1.82) is 5.26 Å². The Labute approximate surface area is 261 Å². The molecule has 0 spiro atoms. The molecule has 1 heterocycles. The minimum Gasteiger partial charge on any atom is -0.489 e. The van der Waals surface area contributed by atoms with Gasteiger partial charge in [0.2, 0.25) is 0 Å². The first-order valence-corrected chi connectivity index (χ1v) is 15.3. The molecule has 0 aromatic heterocycles. The summed E-state index contributed by atoms with van der Waals surface area (Å²) < 4.78 is 7.15. The molecular formula is C37H34BrN3O2. The molecule has 4 aromatic carbocycles. The zero-order valence-electron chi connectivity index (χ0n) is 24.9. The number of aryl methyl sites for hydroxylation is 1. The minimum atomic E-state index is -0.554. The van der Waals surface area contributed by atoms with Crippen LogP contribution in [0, 0.1) is 30.6 Å². The Bertz CT molecular complexity index is 1870. The number of carbonyl (C=O) groups is 1. The van der Waals surface area contributed by atoms with Crippen molar-refractivity contribution in [1.82, 2.24) is 0 Å². The minimum absolute atomic E-state index is 0.0651. The molecular weight excluding hydrogens is 598 g/mol. The largest absolute Gasteiger partial charge is 0.489 e. The van der Waals surface area contributed by atoms with Gasteiger partial charge in [-0.25, -0.2) is 0 Å². The van der Waals surface area contributed by atoms with Gasteiger partial charge < -0.3 is 10.5 Å². The van der Waals surface area contributed by atoms with Crippen LogP contribution in [0.25, 0.3) is 10.8 Å². The molecule has 2 aliphatic rings. The van der Waals surface area contributed by atoms with Gasteiger partial charge in [-0.1, -0.05) is 83.9 Å². The van der Waals surface area contributed by atoms with Gasteiger partial charge in [-0.05, 0) is 78.1 Å². The maximum Gasteiger partial charge on any atom is 0.162 e. The quantitative estimate of drug-likeness (QED) is 0.238. The Morgan fingerprint density at radius 1 is 1.02 bits per heavy atom. The lowest BCUT2D eigenvalue weighted by Crippen LogP contribution is -2.42. The summed E-state index contributed by atoms with van der Waals surface area (Å²) in [6.07, 6.45) is 1.08. The molecule has 43 heavy (non-hydrogen) atoms. The smallest absolute Gasteiger partial charge is 0.162 e. The highest BCUT2D eigenvalue weighted by Gasteiger charge is 2.45. The van der Waals surface area contributed by atoms with Crippen molar-refractivity contribution in [3.05, 3.63) is 128 Å². The molecule has 6 rings (SSSR count). The molecule has 5 nitrogen and oxygen atoms in total. The van der Waals surface area contributed by atoms with E-state index in [-0.39, 0.29) is 11.2 Å². The number of nitrogens with two attached hydrogens (primary N) is 1. The summed E-state index contributed by atoms with van der Waals surface area (Å²) >= 11 is 3.47. The Hall–Kier alpha value is -4.34. The van der Waals surface area contributed by atoms with Gasteiger partial charge in [0.15, 0.2) is 5.78 Å². The van der Waals surface area contributed by atoms with E-state index in [1.165, 1.54) is 0 Å². The monoisotopic (exact) mass is 631 g/mol. The number of allylic oxidation sites excluding steroid dienone is 3. The summed E-state index contributed by atoms with van der Waals surface area (Å²) in [5, 5.41) is 12.8. The number of fused-ring (bicyclic) bond motifs is 1. The summed E-state index contributed by atoms with van der Waals surface area (Å²) in [6, 6.07) is 28.6. The van der Waals surface area contributed by atoms with Crippen LogP contribution in [-0.2, 0) is 11.4 Å². The second-order valence-corrected chi connectivity index (χ2v) is 13.3. The van der Waals surface area contributed by atoms with Gasteiger partial charge in [0.1, 0.15) is 18.2 Å². The molecule has 2 N–H and O–H groups in total. The summed E-state index contributed by atoms with van der Waals surface area (Å²) in [4.78, 5) is 16.2. The van der Waals surface area contributed by atoms with Crippen molar-refractivity contribution >= 4 is 38.2 Å². The van der Waals surface area contributed by atoms with Crippen LogP contribution < -0.4 is 15.4 Å². The number of nitrogens with zero attached hydrogens (tertiary/aromatic N) is 2. The highest BCUT2D eigenvalue weighted by atomic mass is 79.9. The molecule has 0 saturated carbocycles. The van der Waals surface area contributed by atoms with E-state index < -0.39 is 5.92 Å². The SMILES string of the molecule is Cc1cc(COc2ccc(Br)cc2)c(C)c(C2C(C#N)=C(N)N(c3cccc4ccccc34)C3=C2C(=O)CC(C)(C)C3)c1. The van der Waals surface area contributed by atoms with Crippen molar-refractivity contribution in [3.8, 4) is 11.8 Å². The molecule has 1 unspecified atom stereocenters. The van der Waals surface area contributed by atoms with E-state index in [4.69, 9.17) is 10.5 Å². The van der Waals surface area contributed by atoms with Crippen molar-refractivity contribution in [3.63, 3.8) is 0 Å². The molecule has 1 aliphatic carbocycles. The number of benzene rings is 4. The highest BCUT2D eigenvalue weighted by molar-refractivity contribution is 9.10. The molecule has 6 heteroatoms. The van der Waals surface area contributed by atoms with Crippen molar-refractivity contribution in [2.45, 2.75) is 53.1 Å². The lowest BCUT2D eigenvalue weighted by molar-refractivity contribution is -0.118. The summed E-state index contributed by atoms with van der Waals surface area (Å²) in [5.74, 6) is 0.656. The predicted octanol–water partition coefficient (Wildman–Crippen LogP) is 8.74. The lowest BCUT2D eigenvalue weighted by atomic mass is 9.67. The van der Waals surface area contributed by atoms with Crippen LogP contribution >= 0.6 is 15.9 Å². The third-order valence-corrected chi connectivity index (χ3v) is 9.14. The number of hydrogen-bond donors (Lipinski definition) is 1. The number of Topliss-reactive ketones (excluding diaryl/α,β-unsaturated/α-hetero) is 1. The van der Waals surface area contributed by atoms with Crippen LogP contribution in [0.15, 0.2) is 106 Å². The molecule has 0 amide bonds. The third kappa shape index (κ3) is 5.23. The Kier molecular flexibility index (Phi) is 7.40. The third-order valence-electron chi connectivity index (χ3n) is 8.61. The van der Waals surface area contributed by atoms with Crippen LogP contribution in [0.4, 0.5) is 5.69 Å². The molecule has 0 fully saturated rings. The number of anilines is 1. The van der Waals surface area contributed by atoms with Gasteiger partial charge in [0, 0.05) is 27.5 Å². The standard InChI is InChI=1S/C37H34BrN3O2/c1-22-16-25(21-43-27-14-12-26(38)13-15-27)23(2)29(17-22)34-30(20-39)36(40)41(32-18-37(3,4)19-33(42)35(32)34)31-11-7-9-24-8-5-6-10-28(24)31/h5-17,34H,18-19,21,40H2,1-4H3. The Morgan fingerprint density at radius 3 is 2.49 bits per heavy atom. The molecule has 1 aliphatic heterocycles. The van der Waals surface area contributed by atoms with Crippen molar-refractivity contribution < 1.29 is 9.53 Å². The Balaban J connectivity index is 1.53. The van der Waals surface area contributed by atoms with Gasteiger partial charge in [-0.15, -0.1) is 0 Å². The first-order chi connectivity index (χ1) is 20.6. The predicted molar refractivity (Wildman–Crippen MR) is 175 cm³/mol. The van der Waals surface area contributed by atoms with E-state index in [9.17, 15) is 10.1 Å². The van der Waals surface area contributed by atoms with E-state index >= 15 is 0 Å². The van der Waals surface area contributed by atoms with E-state index in [0.717, 1.165) is 54.6 Å². The maximum absolute atomic E-state index is 14.2. The van der Waals surface area contributed by atoms with E-state index in [2.05, 4.69) is 73.1 Å². The van der Waals surface area contributed by atoms with E-state index in [1.54, 1.807) is 0 Å². The summed E-state index contributed by atoms with van der Waals surface area (Å²) in [5.41, 5.74) is 13.6. The fraction of sp³-hybridized carbons (Fsp3) is 0.243. The van der Waals surface area contributed by atoms with Gasteiger partial charge in [0.25, 0.3) is 0 Å². The highest BCUT2D eigenvalue weighted by Crippen LogP contribution is 2.51. The zero-order valence-corrected chi connectivity index (χ0v) is 26.5. The second-order valence-electron chi connectivity index (χ2n) is 12.4. The molecule has 1 atom stereocenters. The van der Waals surface area contributed by atoms with Gasteiger partial charge in [-0.3, -0.25) is 9.69 Å². The fourth-order valence-corrected chi connectivity index (χ4v) is 6.87. The van der Waals surface area contributed by atoms with Crippen LogP contribution in [0.5, 0.6) is 5.75 Å². The molecule has 4 aromatic rings. The first-order valence-electron chi connectivity index (χ1n) is 14.5. The number of hydrogen-bond acceptors (Lipinski definition) is 5. The molecule has 0 bridgehead atoms. The summed E-state index contributed by atoms with van der Waals surface area (Å²) in [6.45, 7) is 8.71. The lowest BCUT2D eigenvalue weighted by Gasteiger charge is -2.44. The van der Waals surface area contributed by atoms with Crippen LogP contribution in [-0.4, -0.2) is 5.78 Å². The van der Waals surface area contributed by atoms with Crippen LogP contribution in [0.3, 0.4) is 0 Å². The zero-order chi connectivity index (χ0) is 30.5. The average molecular weight is 633 g/mol. The van der Waals surface area contributed by atoms with Crippen molar-refractivity contribution in [2.75, 3.05) is 4.90 Å². The number of halogens is 1.